The minimum absolute atomic E-state index is 0.0412. The molecule has 6 atom stereocenters. The molecule has 0 spiro atoms. The smallest absolute Gasteiger partial charge is 0.335 e. The summed E-state index contributed by atoms with van der Waals surface area (Å²) in [4.78, 5) is 51.0. The van der Waals surface area contributed by atoms with Gasteiger partial charge in [0.2, 0.25) is 0 Å². The number of unbranched alkanes of at least 4 members (excludes halogenated alkanes) is 23. The van der Waals surface area contributed by atoms with E-state index in [1.807, 2.05) is 0 Å². The maximum atomic E-state index is 13.1. The molecule has 0 amide bonds. The third-order valence-corrected chi connectivity index (χ3v) is 12.5. The van der Waals surface area contributed by atoms with E-state index in [0.717, 1.165) is 135 Å². The van der Waals surface area contributed by atoms with E-state index in [0.29, 0.717) is 19.3 Å². The van der Waals surface area contributed by atoms with Crippen LogP contribution in [0.5, 0.6) is 0 Å². The molecule has 0 aromatic carbocycles. The number of hydrogen-bond acceptors (Lipinski definition) is 11. The summed E-state index contributed by atoms with van der Waals surface area (Å²) in [6.07, 6.45) is 44.8. The third kappa shape index (κ3) is 37.8. The molecule has 1 saturated heterocycles. The predicted octanol–water partition coefficient (Wildman–Crippen LogP) is 14.0. The quantitative estimate of drug-likeness (QED) is 0.0228. The van der Waals surface area contributed by atoms with Crippen LogP contribution in [0.2, 0.25) is 0 Å². The van der Waals surface area contributed by atoms with E-state index >= 15 is 0 Å². The Labute approximate surface area is 430 Å². The summed E-state index contributed by atoms with van der Waals surface area (Å²) in [7, 11) is 0. The number of aliphatic carboxylic acids is 1. The Balaban J connectivity index is 2.73. The molecule has 1 heterocycles. The van der Waals surface area contributed by atoms with Crippen molar-refractivity contribution in [3.8, 4) is 0 Å². The summed E-state index contributed by atoms with van der Waals surface area (Å²) < 4.78 is 28.3. The van der Waals surface area contributed by atoms with Crippen molar-refractivity contribution >= 4 is 23.9 Å². The number of carboxylic acids is 1. The molecule has 1 aliphatic heterocycles. The largest absolute Gasteiger partial charge is 0.479 e. The molecule has 3 N–H and O–H groups in total. The van der Waals surface area contributed by atoms with Crippen LogP contribution in [0.4, 0.5) is 0 Å². The van der Waals surface area contributed by atoms with Crippen LogP contribution in [0.15, 0.2) is 60.8 Å². The molecule has 0 radical (unpaired) electrons. The van der Waals surface area contributed by atoms with Gasteiger partial charge < -0.3 is 39.0 Å². The van der Waals surface area contributed by atoms with E-state index < -0.39 is 67.3 Å². The van der Waals surface area contributed by atoms with Crippen molar-refractivity contribution in [2.24, 2.45) is 0 Å². The average molecular weight is 1000 g/mol. The van der Waals surface area contributed by atoms with Crippen molar-refractivity contribution in [2.75, 3.05) is 13.2 Å². The fourth-order valence-electron chi connectivity index (χ4n) is 8.13. The minimum Gasteiger partial charge on any atom is -0.479 e. The molecule has 0 aromatic heterocycles. The van der Waals surface area contributed by atoms with E-state index in [9.17, 15) is 34.5 Å². The number of rotatable bonds is 47. The Morgan fingerprint density at radius 2 is 0.873 bits per heavy atom. The van der Waals surface area contributed by atoms with Crippen LogP contribution in [0.1, 0.15) is 239 Å². The van der Waals surface area contributed by atoms with E-state index in [1.165, 1.54) is 44.9 Å². The zero-order valence-electron chi connectivity index (χ0n) is 44.7. The van der Waals surface area contributed by atoms with Gasteiger partial charge in [0.25, 0.3) is 0 Å². The molecule has 12 nitrogen and oxygen atoms in total. The number of carbonyl (C=O) groups is 4. The second kappa shape index (κ2) is 47.4. The van der Waals surface area contributed by atoms with Crippen molar-refractivity contribution in [3.63, 3.8) is 0 Å². The first-order chi connectivity index (χ1) is 34.6. The van der Waals surface area contributed by atoms with Gasteiger partial charge in [-0.05, 0) is 103 Å². The lowest BCUT2D eigenvalue weighted by Gasteiger charge is -2.40. The Kier molecular flexibility index (Phi) is 43.7. The summed E-state index contributed by atoms with van der Waals surface area (Å²) in [5, 5.41) is 31.4. The molecular formula is C59H100O12. The monoisotopic (exact) mass is 1000 g/mol. The van der Waals surface area contributed by atoms with Gasteiger partial charge in [-0.2, -0.15) is 0 Å². The van der Waals surface area contributed by atoms with Crippen LogP contribution in [-0.2, 0) is 42.9 Å². The first-order valence-electron chi connectivity index (χ1n) is 28.3. The first kappa shape index (κ1) is 65.4. The van der Waals surface area contributed by atoms with Gasteiger partial charge in [-0.15, -0.1) is 0 Å². The first-order valence-corrected chi connectivity index (χ1v) is 28.3. The van der Waals surface area contributed by atoms with Crippen LogP contribution in [-0.4, -0.2) is 89.2 Å². The van der Waals surface area contributed by atoms with E-state index in [-0.39, 0.29) is 25.9 Å². The summed E-state index contributed by atoms with van der Waals surface area (Å²) in [6, 6.07) is 0. The second-order valence-electron chi connectivity index (χ2n) is 19.2. The Morgan fingerprint density at radius 3 is 1.37 bits per heavy atom. The van der Waals surface area contributed by atoms with Crippen molar-refractivity contribution in [1.82, 2.24) is 0 Å². The maximum absolute atomic E-state index is 13.1. The number of aliphatic hydroxyl groups excluding tert-OH is 2. The molecule has 12 heteroatoms. The lowest BCUT2D eigenvalue weighted by Crippen LogP contribution is -2.61. The maximum Gasteiger partial charge on any atom is 0.335 e. The number of carbonyl (C=O) groups excluding carboxylic acids is 3. The molecule has 1 fully saturated rings. The second-order valence-corrected chi connectivity index (χ2v) is 19.2. The summed E-state index contributed by atoms with van der Waals surface area (Å²) >= 11 is 0. The average Bonchev–Trinajstić information content (AvgIpc) is 3.35. The molecule has 6 unspecified atom stereocenters. The van der Waals surface area contributed by atoms with Gasteiger partial charge in [-0.25, -0.2) is 4.79 Å². The lowest BCUT2D eigenvalue weighted by molar-refractivity contribution is -0.301. The van der Waals surface area contributed by atoms with Crippen LogP contribution < -0.4 is 0 Å². The van der Waals surface area contributed by atoms with Gasteiger partial charge in [0.05, 0.1) is 6.61 Å². The SMILES string of the molecule is CCC/C=C\C/C=C\CCCCCCCC(=O)OC1C(OCC(COC(=O)CCCCCCC/C=C\C/C=C\CCCCC)OC(=O)CCCCCCC/C=C\CCCCCC)OC(C(=O)O)C(O)C1O. The van der Waals surface area contributed by atoms with Gasteiger partial charge in [0, 0.05) is 19.3 Å². The van der Waals surface area contributed by atoms with Gasteiger partial charge in [-0.3, -0.25) is 14.4 Å². The summed E-state index contributed by atoms with van der Waals surface area (Å²) in [6.45, 7) is 5.85. The molecule has 1 rings (SSSR count). The molecule has 0 bridgehead atoms. The zero-order chi connectivity index (χ0) is 51.8. The number of aliphatic hydroxyl groups is 2. The molecule has 0 aromatic rings. The lowest BCUT2D eigenvalue weighted by atomic mass is 9.98. The van der Waals surface area contributed by atoms with Crippen LogP contribution in [0.3, 0.4) is 0 Å². The normalized spacial score (nSPS) is 18.9. The van der Waals surface area contributed by atoms with Crippen molar-refractivity contribution in [3.05, 3.63) is 60.8 Å². The van der Waals surface area contributed by atoms with Gasteiger partial charge in [0.15, 0.2) is 24.6 Å². The van der Waals surface area contributed by atoms with Crippen molar-refractivity contribution in [1.29, 1.82) is 0 Å². The van der Waals surface area contributed by atoms with E-state index in [4.69, 9.17) is 23.7 Å². The van der Waals surface area contributed by atoms with Crippen LogP contribution in [0, 0.1) is 0 Å². The Bertz CT molecular complexity index is 1470. The van der Waals surface area contributed by atoms with E-state index in [2.05, 4.69) is 81.5 Å². The molecule has 0 saturated carbocycles. The summed E-state index contributed by atoms with van der Waals surface area (Å²) in [5.41, 5.74) is 0. The molecule has 1 aliphatic rings. The highest BCUT2D eigenvalue weighted by Crippen LogP contribution is 2.26. The zero-order valence-corrected chi connectivity index (χ0v) is 44.7. The Hall–Kier alpha value is -3.58. The van der Waals surface area contributed by atoms with Crippen molar-refractivity contribution in [2.45, 2.75) is 276 Å². The van der Waals surface area contributed by atoms with Gasteiger partial charge >= 0.3 is 23.9 Å². The Morgan fingerprint density at radius 1 is 0.465 bits per heavy atom. The van der Waals surface area contributed by atoms with Gasteiger partial charge in [0.1, 0.15) is 18.8 Å². The minimum atomic E-state index is -1.91. The number of ether oxygens (including phenoxy) is 5. The standard InChI is InChI=1S/C59H100O12/c1-4-7-10-13-16-19-22-25-26-29-30-33-36-39-42-45-51(60)67-48-50(69-52(61)46-43-40-37-34-31-27-23-20-17-14-11-8-5-2)49-68-59-57(55(64)54(63)56(71-59)58(65)66)70-53(62)47-44-41-38-35-32-28-24-21-18-15-12-9-6-3/h12,15-16,19-21,23-26,50,54-57,59,63-64H,4-11,13-14,17-18,22,27-49H2,1-3H3,(H,65,66)/b15-12-,19-16-,23-20-,24-21-,26-25-. The highest BCUT2D eigenvalue weighted by molar-refractivity contribution is 5.74. The highest BCUT2D eigenvalue weighted by Gasteiger charge is 2.50. The number of allylic oxidation sites excluding steroid dienone is 10. The third-order valence-electron chi connectivity index (χ3n) is 12.5. The number of carboxylic acid groups (broad SMARTS) is 1. The fourth-order valence-corrected chi connectivity index (χ4v) is 8.13. The van der Waals surface area contributed by atoms with Crippen molar-refractivity contribution < 1.29 is 58.2 Å². The predicted molar refractivity (Wildman–Crippen MR) is 285 cm³/mol. The highest BCUT2D eigenvalue weighted by atomic mass is 16.7. The molecule has 0 aliphatic carbocycles. The number of esters is 3. The van der Waals surface area contributed by atoms with Crippen LogP contribution in [0.25, 0.3) is 0 Å². The molecular weight excluding hydrogens is 901 g/mol. The fraction of sp³-hybridized carbons (Fsp3) is 0.763. The van der Waals surface area contributed by atoms with Crippen LogP contribution >= 0.6 is 0 Å². The molecule has 408 valence electrons. The number of hydrogen-bond donors (Lipinski definition) is 3. The molecule has 71 heavy (non-hydrogen) atoms. The van der Waals surface area contributed by atoms with Gasteiger partial charge in [-0.1, -0.05) is 178 Å². The summed E-state index contributed by atoms with van der Waals surface area (Å²) in [5.74, 6) is -3.16. The van der Waals surface area contributed by atoms with E-state index in [1.54, 1.807) is 0 Å². The topological polar surface area (TPSA) is 175 Å².